The van der Waals surface area contributed by atoms with Crippen LogP contribution in [0.3, 0.4) is 0 Å². The second-order valence-corrected chi connectivity index (χ2v) is 5.01. The molecule has 0 radical (unpaired) electrons. The van der Waals surface area contributed by atoms with Gasteiger partial charge in [0.05, 0.1) is 0 Å². The monoisotopic (exact) mass is 236 g/mol. The Morgan fingerprint density at radius 3 is 2.28 bits per heavy atom. The van der Waals surface area contributed by atoms with E-state index in [0.717, 1.165) is 0 Å². The van der Waals surface area contributed by atoms with Gasteiger partial charge in [-0.15, -0.1) is 0 Å². The maximum atomic E-state index is 4.04. The molecule has 0 nitrogen and oxygen atoms in total. The number of allylic oxidation sites excluding steroid dienone is 1. The first kappa shape index (κ1) is 12.6. The van der Waals surface area contributed by atoms with Gasteiger partial charge in [0.25, 0.3) is 0 Å². The van der Waals surface area contributed by atoms with Crippen LogP contribution in [0.1, 0.15) is 30.9 Å². The first-order chi connectivity index (χ1) is 8.59. The molecule has 0 amide bonds. The summed E-state index contributed by atoms with van der Waals surface area (Å²) in [4.78, 5) is 0. The summed E-state index contributed by atoms with van der Waals surface area (Å²) in [6.07, 6.45) is 0. The summed E-state index contributed by atoms with van der Waals surface area (Å²) in [5.74, 6) is 0.425. The maximum absolute atomic E-state index is 4.04. The van der Waals surface area contributed by atoms with E-state index in [1.165, 1.54) is 27.8 Å². The summed E-state index contributed by atoms with van der Waals surface area (Å²) in [6.45, 7) is 10.5. The number of hydrogen-bond acceptors (Lipinski definition) is 0. The van der Waals surface area contributed by atoms with Gasteiger partial charge in [-0.3, -0.25) is 0 Å². The van der Waals surface area contributed by atoms with Crippen LogP contribution in [0.4, 0.5) is 0 Å². The maximum Gasteiger partial charge on any atom is 0.00144 e. The molecule has 0 aromatic heterocycles. The van der Waals surface area contributed by atoms with E-state index >= 15 is 0 Å². The SMILES string of the molecule is C=C(C)C(C)c1ccc(-c2ccccc2)c(C)c1. The normalized spacial score (nSPS) is 12.2. The summed E-state index contributed by atoms with van der Waals surface area (Å²) in [6, 6.07) is 17.2. The van der Waals surface area contributed by atoms with Gasteiger partial charge in [0.2, 0.25) is 0 Å². The molecule has 1 atom stereocenters. The van der Waals surface area contributed by atoms with E-state index in [9.17, 15) is 0 Å². The molecular weight excluding hydrogens is 216 g/mol. The molecule has 0 saturated carbocycles. The van der Waals surface area contributed by atoms with Gasteiger partial charge < -0.3 is 0 Å². The highest BCUT2D eigenvalue weighted by Gasteiger charge is 2.08. The van der Waals surface area contributed by atoms with Crippen molar-refractivity contribution in [2.45, 2.75) is 26.7 Å². The van der Waals surface area contributed by atoms with Gasteiger partial charge in [-0.05, 0) is 36.1 Å². The fraction of sp³-hybridized carbons (Fsp3) is 0.222. The molecule has 0 aliphatic carbocycles. The quantitative estimate of drug-likeness (QED) is 0.631. The van der Waals surface area contributed by atoms with Crippen LogP contribution in [0.2, 0.25) is 0 Å². The lowest BCUT2D eigenvalue weighted by molar-refractivity contribution is 0.897. The summed E-state index contributed by atoms with van der Waals surface area (Å²) in [7, 11) is 0. The molecule has 0 aliphatic heterocycles. The van der Waals surface area contributed by atoms with Crippen LogP contribution < -0.4 is 0 Å². The Bertz CT molecular complexity index is 550. The Labute approximate surface area is 110 Å². The molecule has 0 aliphatic rings. The Kier molecular flexibility index (Phi) is 3.66. The molecular formula is C18H20. The van der Waals surface area contributed by atoms with Crippen LogP contribution >= 0.6 is 0 Å². The Balaban J connectivity index is 2.40. The largest absolute Gasteiger partial charge is 0.0995 e. The van der Waals surface area contributed by atoms with E-state index in [1.807, 2.05) is 0 Å². The van der Waals surface area contributed by atoms with Crippen LogP contribution in [0.5, 0.6) is 0 Å². The molecule has 0 saturated heterocycles. The van der Waals surface area contributed by atoms with E-state index < -0.39 is 0 Å². The molecule has 1 unspecified atom stereocenters. The van der Waals surface area contributed by atoms with Crippen molar-refractivity contribution in [2.75, 3.05) is 0 Å². The van der Waals surface area contributed by atoms with Crippen molar-refractivity contribution in [3.8, 4) is 11.1 Å². The van der Waals surface area contributed by atoms with Gasteiger partial charge in [0.1, 0.15) is 0 Å². The first-order valence-electron chi connectivity index (χ1n) is 6.41. The van der Waals surface area contributed by atoms with Crippen molar-refractivity contribution in [1.82, 2.24) is 0 Å². The molecule has 0 heterocycles. The third kappa shape index (κ3) is 2.53. The molecule has 2 aromatic rings. The van der Waals surface area contributed by atoms with Gasteiger partial charge in [-0.1, -0.05) is 67.6 Å². The number of rotatable bonds is 3. The molecule has 0 heteroatoms. The van der Waals surface area contributed by atoms with Crippen LogP contribution in [-0.4, -0.2) is 0 Å². The van der Waals surface area contributed by atoms with Crippen LogP contribution in [0, 0.1) is 6.92 Å². The molecule has 0 N–H and O–H groups in total. The van der Waals surface area contributed by atoms with Crippen molar-refractivity contribution in [2.24, 2.45) is 0 Å². The second-order valence-electron chi connectivity index (χ2n) is 5.01. The molecule has 0 bridgehead atoms. The molecule has 92 valence electrons. The third-order valence-electron chi connectivity index (χ3n) is 3.57. The van der Waals surface area contributed by atoms with Crippen molar-refractivity contribution < 1.29 is 0 Å². The lowest BCUT2D eigenvalue weighted by Gasteiger charge is -2.14. The zero-order valence-electron chi connectivity index (χ0n) is 11.4. The highest BCUT2D eigenvalue weighted by atomic mass is 14.1. The average molecular weight is 236 g/mol. The summed E-state index contributed by atoms with van der Waals surface area (Å²) < 4.78 is 0. The van der Waals surface area contributed by atoms with E-state index in [1.54, 1.807) is 0 Å². The highest BCUT2D eigenvalue weighted by molar-refractivity contribution is 5.67. The van der Waals surface area contributed by atoms with Crippen molar-refractivity contribution in [3.05, 3.63) is 71.8 Å². The van der Waals surface area contributed by atoms with Crippen LogP contribution in [0.15, 0.2) is 60.7 Å². The minimum atomic E-state index is 0.425. The lowest BCUT2D eigenvalue weighted by Crippen LogP contribution is -1.95. The second kappa shape index (κ2) is 5.22. The summed E-state index contributed by atoms with van der Waals surface area (Å²) in [5.41, 5.74) is 6.48. The molecule has 2 aromatic carbocycles. The predicted octanol–water partition coefficient (Wildman–Crippen LogP) is 5.34. The lowest BCUT2D eigenvalue weighted by atomic mass is 9.90. The third-order valence-corrected chi connectivity index (χ3v) is 3.57. The number of benzene rings is 2. The summed E-state index contributed by atoms with van der Waals surface area (Å²) >= 11 is 0. The van der Waals surface area contributed by atoms with Crippen molar-refractivity contribution in [1.29, 1.82) is 0 Å². The molecule has 2 rings (SSSR count). The fourth-order valence-corrected chi connectivity index (χ4v) is 2.18. The van der Waals surface area contributed by atoms with E-state index in [2.05, 4.69) is 75.9 Å². The zero-order valence-corrected chi connectivity index (χ0v) is 11.4. The molecule has 0 spiro atoms. The fourth-order valence-electron chi connectivity index (χ4n) is 2.18. The van der Waals surface area contributed by atoms with Gasteiger partial charge >= 0.3 is 0 Å². The molecule has 0 fully saturated rings. The van der Waals surface area contributed by atoms with E-state index in [0.29, 0.717) is 5.92 Å². The van der Waals surface area contributed by atoms with Gasteiger partial charge in [0, 0.05) is 5.92 Å². The topological polar surface area (TPSA) is 0 Å². The van der Waals surface area contributed by atoms with Gasteiger partial charge in [-0.25, -0.2) is 0 Å². The van der Waals surface area contributed by atoms with Gasteiger partial charge in [0.15, 0.2) is 0 Å². The minimum absolute atomic E-state index is 0.425. The standard InChI is InChI=1S/C18H20/c1-13(2)15(4)17-10-11-18(14(3)12-17)16-8-6-5-7-9-16/h5-12,15H,1H2,2-4H3. The zero-order chi connectivity index (χ0) is 13.1. The smallest absolute Gasteiger partial charge is 0.00144 e. The van der Waals surface area contributed by atoms with Crippen molar-refractivity contribution in [3.63, 3.8) is 0 Å². The highest BCUT2D eigenvalue weighted by Crippen LogP contribution is 2.28. The van der Waals surface area contributed by atoms with Crippen LogP contribution in [-0.2, 0) is 0 Å². The van der Waals surface area contributed by atoms with Crippen molar-refractivity contribution >= 4 is 0 Å². The van der Waals surface area contributed by atoms with E-state index in [-0.39, 0.29) is 0 Å². The number of aryl methyl sites for hydroxylation is 1. The minimum Gasteiger partial charge on any atom is -0.0995 e. The first-order valence-corrected chi connectivity index (χ1v) is 6.41. The Morgan fingerprint density at radius 2 is 1.72 bits per heavy atom. The van der Waals surface area contributed by atoms with Gasteiger partial charge in [-0.2, -0.15) is 0 Å². The average Bonchev–Trinajstić information content (AvgIpc) is 2.38. The molecule has 18 heavy (non-hydrogen) atoms. The predicted molar refractivity (Wildman–Crippen MR) is 79.8 cm³/mol. The Morgan fingerprint density at radius 1 is 1.06 bits per heavy atom. The Hall–Kier alpha value is -1.82. The van der Waals surface area contributed by atoms with Crippen LogP contribution in [0.25, 0.3) is 11.1 Å². The van der Waals surface area contributed by atoms with E-state index in [4.69, 9.17) is 0 Å². The summed E-state index contributed by atoms with van der Waals surface area (Å²) in [5, 5.41) is 0. The number of hydrogen-bond donors (Lipinski definition) is 0.